The number of amides is 2. The Labute approximate surface area is 113 Å². The van der Waals surface area contributed by atoms with Gasteiger partial charge in [0.25, 0.3) is 0 Å². The molecule has 1 aliphatic heterocycles. The number of aromatic amines is 1. The fraction of sp³-hybridized carbons (Fsp3) is 0.231. The molecular weight excluding hydrogens is 262 g/mol. The van der Waals surface area contributed by atoms with E-state index in [0.29, 0.717) is 22.9 Å². The Morgan fingerprint density at radius 1 is 1.35 bits per heavy atom. The van der Waals surface area contributed by atoms with Crippen molar-refractivity contribution < 1.29 is 19.5 Å². The van der Waals surface area contributed by atoms with Gasteiger partial charge in [-0.2, -0.15) is 5.10 Å². The summed E-state index contributed by atoms with van der Waals surface area (Å²) >= 11 is 0. The molecule has 2 heterocycles. The number of hydrogen-bond acceptors (Lipinski definition) is 4. The normalized spacial score (nSPS) is 19.1. The van der Waals surface area contributed by atoms with Gasteiger partial charge in [0.05, 0.1) is 23.2 Å². The van der Waals surface area contributed by atoms with Crippen LogP contribution in [0.1, 0.15) is 34.7 Å². The first-order chi connectivity index (χ1) is 9.58. The molecule has 0 radical (unpaired) electrons. The van der Waals surface area contributed by atoms with Crippen molar-refractivity contribution in [3.63, 3.8) is 0 Å². The predicted molar refractivity (Wildman–Crippen MR) is 68.2 cm³/mol. The highest BCUT2D eigenvalue weighted by molar-refractivity contribution is 6.06. The van der Waals surface area contributed by atoms with E-state index in [0.717, 1.165) is 0 Å². The summed E-state index contributed by atoms with van der Waals surface area (Å²) in [6.45, 7) is 0. The van der Waals surface area contributed by atoms with Gasteiger partial charge in [0, 0.05) is 11.8 Å². The average molecular weight is 273 g/mol. The van der Waals surface area contributed by atoms with Crippen LogP contribution in [0, 0.1) is 0 Å². The number of rotatable bonds is 2. The number of nitrogens with zero attached hydrogens (tertiary/aromatic N) is 1. The summed E-state index contributed by atoms with van der Waals surface area (Å²) in [6, 6.07) is 3.06. The number of carboxylic acids is 1. The van der Waals surface area contributed by atoms with Crippen LogP contribution in [0.5, 0.6) is 0 Å². The Morgan fingerprint density at radius 3 is 2.85 bits per heavy atom. The third kappa shape index (κ3) is 1.83. The Balaban J connectivity index is 2.11. The molecule has 1 fully saturated rings. The lowest BCUT2D eigenvalue weighted by Gasteiger charge is -2.21. The van der Waals surface area contributed by atoms with Crippen LogP contribution in [0.4, 0.5) is 0 Å². The topological polar surface area (TPSA) is 112 Å². The maximum absolute atomic E-state index is 11.9. The summed E-state index contributed by atoms with van der Waals surface area (Å²) in [7, 11) is 0. The number of H-pyrrole nitrogens is 1. The van der Waals surface area contributed by atoms with E-state index in [9.17, 15) is 14.4 Å². The molecule has 2 aromatic rings. The largest absolute Gasteiger partial charge is 0.478 e. The van der Waals surface area contributed by atoms with Crippen LogP contribution in [0.25, 0.3) is 10.9 Å². The van der Waals surface area contributed by atoms with Gasteiger partial charge >= 0.3 is 5.97 Å². The van der Waals surface area contributed by atoms with E-state index in [1.54, 1.807) is 6.07 Å². The van der Waals surface area contributed by atoms with E-state index < -0.39 is 11.9 Å². The molecule has 20 heavy (non-hydrogen) atoms. The number of carbonyl (C=O) groups is 3. The molecule has 7 heteroatoms. The van der Waals surface area contributed by atoms with Crippen molar-refractivity contribution in [2.45, 2.75) is 18.8 Å². The highest BCUT2D eigenvalue weighted by Gasteiger charge is 2.30. The van der Waals surface area contributed by atoms with Crippen LogP contribution in [0.3, 0.4) is 0 Å². The minimum atomic E-state index is -1.05. The molecule has 1 atom stereocenters. The fourth-order valence-corrected chi connectivity index (χ4v) is 2.52. The van der Waals surface area contributed by atoms with E-state index in [1.807, 2.05) is 0 Å². The second kappa shape index (κ2) is 4.44. The molecule has 3 N–H and O–H groups in total. The molecule has 2 amide bonds. The second-order valence-corrected chi connectivity index (χ2v) is 4.67. The van der Waals surface area contributed by atoms with Crippen molar-refractivity contribution in [2.24, 2.45) is 0 Å². The Morgan fingerprint density at radius 2 is 2.15 bits per heavy atom. The lowest BCUT2D eigenvalue weighted by Crippen LogP contribution is -2.39. The number of piperidine rings is 1. The summed E-state index contributed by atoms with van der Waals surface area (Å²) in [5.41, 5.74) is 1.32. The molecule has 0 aliphatic carbocycles. The Kier molecular flexibility index (Phi) is 2.74. The second-order valence-electron chi connectivity index (χ2n) is 4.67. The molecule has 0 saturated carbocycles. The van der Waals surface area contributed by atoms with Gasteiger partial charge in [0.15, 0.2) is 0 Å². The van der Waals surface area contributed by atoms with E-state index >= 15 is 0 Å². The minimum Gasteiger partial charge on any atom is -0.478 e. The fourth-order valence-electron chi connectivity index (χ4n) is 2.52. The molecule has 0 bridgehead atoms. The highest BCUT2D eigenvalue weighted by Crippen LogP contribution is 2.31. The summed E-state index contributed by atoms with van der Waals surface area (Å²) in [5, 5.41) is 18.5. The van der Waals surface area contributed by atoms with Gasteiger partial charge in [0.1, 0.15) is 0 Å². The number of carbonyl (C=O) groups excluding carboxylic acids is 2. The molecule has 1 aromatic heterocycles. The van der Waals surface area contributed by atoms with E-state index in [4.69, 9.17) is 5.11 Å². The quantitative estimate of drug-likeness (QED) is 0.700. The van der Waals surface area contributed by atoms with Crippen LogP contribution in [0.2, 0.25) is 0 Å². The zero-order valence-electron chi connectivity index (χ0n) is 10.3. The lowest BCUT2D eigenvalue weighted by molar-refractivity contribution is -0.134. The van der Waals surface area contributed by atoms with Gasteiger partial charge in [-0.05, 0) is 18.1 Å². The van der Waals surface area contributed by atoms with Crippen molar-refractivity contribution in [2.75, 3.05) is 0 Å². The van der Waals surface area contributed by atoms with Crippen LogP contribution >= 0.6 is 0 Å². The summed E-state index contributed by atoms with van der Waals surface area (Å²) in [6.07, 6.45) is 2.10. The van der Waals surface area contributed by atoms with Gasteiger partial charge in [-0.3, -0.25) is 20.0 Å². The molecular formula is C13H11N3O4. The summed E-state index contributed by atoms with van der Waals surface area (Å²) in [5.74, 6) is -2.17. The smallest absolute Gasteiger partial charge is 0.336 e. The van der Waals surface area contributed by atoms with Crippen molar-refractivity contribution >= 4 is 28.7 Å². The maximum Gasteiger partial charge on any atom is 0.336 e. The molecule has 3 rings (SSSR count). The van der Waals surface area contributed by atoms with Gasteiger partial charge in [-0.25, -0.2) is 4.79 Å². The van der Waals surface area contributed by atoms with E-state index in [2.05, 4.69) is 15.5 Å². The number of aromatic nitrogens is 2. The number of imide groups is 1. The van der Waals surface area contributed by atoms with Crippen LogP contribution < -0.4 is 5.32 Å². The number of carboxylic acid groups (broad SMARTS) is 1. The zero-order chi connectivity index (χ0) is 14.3. The maximum atomic E-state index is 11.9. The number of aromatic carboxylic acids is 1. The first-order valence-electron chi connectivity index (χ1n) is 6.11. The summed E-state index contributed by atoms with van der Waals surface area (Å²) in [4.78, 5) is 34.2. The molecule has 7 nitrogen and oxygen atoms in total. The standard InChI is InChI=1S/C13H11N3O4/c17-10-4-3-7(12(18)15-10)6-1-2-8(13(19)20)9-5-14-16-11(6)9/h1-2,5,7H,3-4H2,(H,14,16)(H,19,20)(H,15,17,18). The van der Waals surface area contributed by atoms with E-state index in [-0.39, 0.29) is 23.8 Å². The van der Waals surface area contributed by atoms with Crippen molar-refractivity contribution in [3.05, 3.63) is 29.5 Å². The molecule has 1 aromatic carbocycles. The Hall–Kier alpha value is -2.70. The first kappa shape index (κ1) is 12.3. The zero-order valence-corrected chi connectivity index (χ0v) is 10.3. The van der Waals surface area contributed by atoms with Crippen LogP contribution in [0.15, 0.2) is 18.3 Å². The number of fused-ring (bicyclic) bond motifs is 1. The molecule has 1 aliphatic rings. The van der Waals surface area contributed by atoms with E-state index in [1.165, 1.54) is 12.3 Å². The SMILES string of the molecule is O=C1CCC(c2ccc(C(=O)O)c3cn[nH]c23)C(=O)N1. The minimum absolute atomic E-state index is 0.129. The van der Waals surface area contributed by atoms with Gasteiger partial charge in [0.2, 0.25) is 11.8 Å². The number of hydrogen-bond donors (Lipinski definition) is 3. The number of nitrogens with one attached hydrogen (secondary N) is 2. The van der Waals surface area contributed by atoms with Crippen molar-refractivity contribution in [1.29, 1.82) is 0 Å². The molecule has 1 unspecified atom stereocenters. The first-order valence-corrected chi connectivity index (χ1v) is 6.11. The van der Waals surface area contributed by atoms with Gasteiger partial charge < -0.3 is 5.11 Å². The molecule has 102 valence electrons. The highest BCUT2D eigenvalue weighted by atomic mass is 16.4. The number of benzene rings is 1. The third-order valence-corrected chi connectivity index (χ3v) is 3.49. The third-order valence-electron chi connectivity index (χ3n) is 3.49. The van der Waals surface area contributed by atoms with Crippen LogP contribution in [-0.2, 0) is 9.59 Å². The van der Waals surface area contributed by atoms with Crippen molar-refractivity contribution in [3.8, 4) is 0 Å². The molecule has 1 saturated heterocycles. The summed E-state index contributed by atoms with van der Waals surface area (Å²) < 4.78 is 0. The van der Waals surface area contributed by atoms with Gasteiger partial charge in [-0.1, -0.05) is 6.07 Å². The Bertz CT molecular complexity index is 734. The lowest BCUT2D eigenvalue weighted by atomic mass is 9.88. The van der Waals surface area contributed by atoms with Gasteiger partial charge in [-0.15, -0.1) is 0 Å². The van der Waals surface area contributed by atoms with Crippen molar-refractivity contribution in [1.82, 2.24) is 15.5 Å². The monoisotopic (exact) mass is 273 g/mol. The molecule has 0 spiro atoms. The predicted octanol–water partition coefficient (Wildman–Crippen LogP) is 0.781. The average Bonchev–Trinajstić information content (AvgIpc) is 2.87. The van der Waals surface area contributed by atoms with Crippen LogP contribution in [-0.4, -0.2) is 33.1 Å².